The number of aryl methyl sites for hydroxylation is 2. The summed E-state index contributed by atoms with van der Waals surface area (Å²) in [5, 5.41) is 18.7. The van der Waals surface area contributed by atoms with Gasteiger partial charge in [-0.25, -0.2) is 28.8 Å². The van der Waals surface area contributed by atoms with Crippen LogP contribution in [-0.4, -0.2) is 130 Å². The second-order valence-corrected chi connectivity index (χ2v) is 56.4. The highest BCUT2D eigenvalue weighted by Crippen LogP contribution is 2.25. The fraction of sp³-hybridized carbons (Fsp3) is 0.168. The van der Waals surface area contributed by atoms with Gasteiger partial charge in [0, 0.05) is 129 Å². The Morgan fingerprint density at radius 1 is 0.331 bits per heavy atom. The quantitative estimate of drug-likeness (QED) is 0.0144. The summed E-state index contributed by atoms with van der Waals surface area (Å²) >= 11 is 14.6. The fourth-order valence-corrected chi connectivity index (χ4v) is 15.9. The van der Waals surface area contributed by atoms with Crippen LogP contribution in [0.3, 0.4) is 0 Å². The maximum atomic E-state index is 12.5. The summed E-state index contributed by atoms with van der Waals surface area (Å²) in [5.74, 6) is 23.0. The average molecular weight is 2770 g/mol. The Labute approximate surface area is 944 Å². The molecule has 0 spiro atoms. The number of hydrogen-bond acceptors (Lipinski definition) is 18. The van der Waals surface area contributed by atoms with Crippen molar-refractivity contribution < 1.29 is 86.9 Å². The number of nitrogens with zero attached hydrogens (tertiary/aromatic N) is 2. The third kappa shape index (κ3) is 45.5. The molecule has 0 bridgehead atoms. The number of carboxylic acid groups (broad SMARTS) is 2. The standard InChI is InChI=1S/C21H12INO4.C21H19IO2Si.C13H8INO4.C13H15IO2Si.C12H13IO2Si.C9H9N.C9H10O.C8H9NO.C7H4I2O2/c1-2-14-3-7-16(8-4-15-5-9-17(22)10-6-15)18(13-14)21(26)27-23-19(24)11-12-20(23)25;1-24-21(23)20-15-17(13-14-25(2,3)4)6-10-18(20)9-5-16-7-11-19(22)12-8-16;1-2-8-3-4-10(14)9(7-8)13(18)19-15-11(16)5-6-12(15)17;1-16-13(15)11-9-10(5-6-12(11)14)7-8-17(2,3)4;1-16(2,3)7-6-9-4-5-11(13)10(8-9)12(14)15;1-8-2-4-9(5-3-8)6-7-10;1-7-3-5-9(6-4-7)8(2)10;1-6(10)7-2-4-8(9)5-3-7;8-4-1-2-6(9)5(3-4)7(10)11/h1,3,5-7,9-10,13H,11-12H2;6-8,10-12,15H,1-4H3;1,3-4,7H,5-6H2;5-6,9H,1-4H3;4-5,8H,1-3H3,(H,14,15);2-5H,10H2,1H3;3-6H,1-2H3;2-5H,9H2,1H3;1-3H,(H,10,11). The number of benzene rings is 11. The molecule has 0 saturated carbocycles. The number of nitrogen functional groups attached to an aromatic ring is 1. The van der Waals surface area contributed by atoms with Crippen molar-refractivity contribution in [3.8, 4) is 94.7 Å². The highest BCUT2D eigenvalue weighted by atomic mass is 127. The Morgan fingerprint density at radius 2 is 0.600 bits per heavy atom. The Kier molecular flexibility index (Phi) is 52.0. The molecule has 2 saturated heterocycles. The van der Waals surface area contributed by atoms with Crippen molar-refractivity contribution >= 4 is 259 Å². The number of amides is 4. The van der Waals surface area contributed by atoms with Crippen LogP contribution in [0, 0.1) is 134 Å². The number of esters is 2. The van der Waals surface area contributed by atoms with E-state index in [-0.39, 0.29) is 54.3 Å². The molecular weight excluding hydrogens is 2670 g/mol. The van der Waals surface area contributed by atoms with Crippen LogP contribution in [0.15, 0.2) is 231 Å². The number of rotatable bonds is 10. The lowest BCUT2D eigenvalue weighted by Gasteiger charge is -2.13. The molecule has 0 unspecified atom stereocenters. The van der Waals surface area contributed by atoms with Crippen LogP contribution in [0.25, 0.3) is 0 Å². The maximum absolute atomic E-state index is 12.5. The van der Waals surface area contributed by atoms with E-state index in [0.29, 0.717) is 69.5 Å². The van der Waals surface area contributed by atoms with Crippen molar-refractivity contribution in [1.82, 2.24) is 10.1 Å². The van der Waals surface area contributed by atoms with E-state index in [0.717, 1.165) is 60.4 Å². The molecule has 0 atom stereocenters. The molecule has 2 fully saturated rings. The number of Topliss-reactive ketones (excluding diaryl/α,β-unsaturated/α-hetero) is 2. The zero-order chi connectivity index (χ0) is 108. The topological polar surface area (TPSA) is 341 Å². The zero-order valence-corrected chi connectivity index (χ0v) is 99.6. The summed E-state index contributed by atoms with van der Waals surface area (Å²) in [5.41, 5.74) is 34.0. The number of ether oxygens (including phenoxy) is 2. The summed E-state index contributed by atoms with van der Waals surface area (Å²) < 4.78 is 15.8. The van der Waals surface area contributed by atoms with Crippen molar-refractivity contribution in [2.45, 2.75) is 112 Å². The highest BCUT2D eigenvalue weighted by molar-refractivity contribution is 14.1. The number of aromatic carboxylic acids is 2. The van der Waals surface area contributed by atoms with Crippen LogP contribution in [0.2, 0.25) is 58.9 Å². The third-order valence-corrected chi connectivity index (χ3v) is 26.9. The first kappa shape index (κ1) is 123. The molecule has 740 valence electrons. The predicted octanol–water partition coefficient (Wildman–Crippen LogP) is 23.1. The number of methoxy groups -OCH3 is 2. The minimum absolute atomic E-state index is 0.0238. The number of carbonyl (C=O) groups excluding carboxylic acids is 10. The maximum Gasteiger partial charge on any atom is 0.365 e. The number of nitrogens with two attached hydrogens (primary N) is 2. The van der Waals surface area contributed by atoms with Gasteiger partial charge in [0.05, 0.1) is 47.6 Å². The molecule has 2 aliphatic heterocycles. The molecule has 0 aliphatic carbocycles. The minimum Gasteiger partial charge on any atom is -0.478 e. The summed E-state index contributed by atoms with van der Waals surface area (Å²) in [6, 6.07) is 71.5. The molecule has 6 N–H and O–H groups in total. The largest absolute Gasteiger partial charge is 0.478 e. The number of carbonyl (C=O) groups is 12. The molecule has 11 aromatic carbocycles. The zero-order valence-electron chi connectivity index (χ0n) is 81.5. The van der Waals surface area contributed by atoms with E-state index >= 15 is 0 Å². The van der Waals surface area contributed by atoms with Crippen LogP contribution in [0.4, 0.5) is 5.69 Å². The Hall–Kier alpha value is -12.3. The minimum atomic E-state index is -1.48. The van der Waals surface area contributed by atoms with E-state index < -0.39 is 77.7 Å². The SMILES string of the molecule is C#Cc1ccc(C#Cc2ccc(I)cc2)c(C(=O)ON2C(=O)CCC2=O)c1.C#Cc1ccc(I)c(C(=O)ON2C(=O)CCC2=O)c1.CC(=O)c1ccc(C)cc1.CC(=O)c1ccc(N)cc1.COC(=O)c1cc(C#C[Si](C)(C)C)ccc1C#Cc1ccc(I)cc1.COC(=O)c1cc(C#C[Si](C)(C)C)ccc1I.C[Si](C)(C)C#Cc1ccc(I)c(C(=O)O)c1.Cc1ccc(C#CN)cc1.O=C(O)c1cc(I)ccc1I. The van der Waals surface area contributed by atoms with E-state index in [4.69, 9.17) is 53.7 Å². The van der Waals surface area contributed by atoms with Gasteiger partial charge in [-0.15, -0.1) is 39.6 Å². The van der Waals surface area contributed by atoms with Crippen LogP contribution >= 0.6 is 158 Å². The molecule has 0 aromatic heterocycles. The van der Waals surface area contributed by atoms with Crippen LogP contribution < -0.4 is 11.5 Å². The molecule has 0 radical (unpaired) electrons. The lowest BCUT2D eigenvalue weighted by Crippen LogP contribution is -2.32. The van der Waals surface area contributed by atoms with E-state index in [1.165, 1.54) is 44.4 Å². The van der Waals surface area contributed by atoms with E-state index in [1.807, 2.05) is 215 Å². The van der Waals surface area contributed by atoms with Gasteiger partial charge in [-0.1, -0.05) is 160 Å². The van der Waals surface area contributed by atoms with Gasteiger partial charge in [0.2, 0.25) is 0 Å². The molecule has 32 heteroatoms. The van der Waals surface area contributed by atoms with Crippen molar-refractivity contribution in [3.63, 3.8) is 0 Å². The molecule has 11 aromatic rings. The fourth-order valence-electron chi connectivity index (χ4n) is 10.9. The van der Waals surface area contributed by atoms with Gasteiger partial charge in [0.1, 0.15) is 24.2 Å². The number of carboxylic acids is 2. The number of ketones is 2. The lowest BCUT2D eigenvalue weighted by molar-refractivity contribution is -0.173. The first-order valence-electron chi connectivity index (χ1n) is 43.5. The van der Waals surface area contributed by atoms with Crippen molar-refractivity contribution in [3.05, 3.63) is 367 Å². The molecule has 22 nitrogen and oxygen atoms in total. The molecular formula is C113H99I7N4O18Si3. The highest BCUT2D eigenvalue weighted by Gasteiger charge is 2.35. The summed E-state index contributed by atoms with van der Waals surface area (Å²) in [4.78, 5) is 147. The smallest absolute Gasteiger partial charge is 0.365 e. The number of hydrogen-bond donors (Lipinski definition) is 4. The van der Waals surface area contributed by atoms with Crippen molar-refractivity contribution in [2.24, 2.45) is 5.73 Å². The molecule has 13 rings (SSSR count). The van der Waals surface area contributed by atoms with Crippen molar-refractivity contribution in [2.75, 3.05) is 20.0 Å². The summed E-state index contributed by atoms with van der Waals surface area (Å²) in [6.45, 7) is 26.7. The van der Waals surface area contributed by atoms with Gasteiger partial charge >= 0.3 is 35.8 Å². The van der Waals surface area contributed by atoms with Gasteiger partial charge < -0.3 is 40.8 Å². The predicted molar refractivity (Wildman–Crippen MR) is 633 cm³/mol. The van der Waals surface area contributed by atoms with Crippen LogP contribution in [-0.2, 0) is 38.3 Å². The number of anilines is 1. The Balaban J connectivity index is 0.000000294. The van der Waals surface area contributed by atoms with Gasteiger partial charge in [0.15, 0.2) is 11.6 Å². The average Bonchev–Trinajstić information content (AvgIpc) is 1.81. The van der Waals surface area contributed by atoms with Crippen LogP contribution in [0.5, 0.6) is 0 Å². The van der Waals surface area contributed by atoms with Gasteiger partial charge in [0.25, 0.3) is 23.6 Å². The Bertz CT molecular complexity index is 7090. The monoisotopic (exact) mass is 2770 g/mol. The van der Waals surface area contributed by atoms with E-state index in [2.05, 4.69) is 231 Å². The number of halogens is 7. The van der Waals surface area contributed by atoms with Gasteiger partial charge in [-0.2, -0.15) is 0 Å². The molecule has 2 aliphatic rings. The first-order valence-corrected chi connectivity index (χ1v) is 61.5. The van der Waals surface area contributed by atoms with Gasteiger partial charge in [-0.3, -0.25) is 28.8 Å². The first-order chi connectivity index (χ1) is 68.2. The molecule has 4 amide bonds. The van der Waals surface area contributed by atoms with Crippen LogP contribution in [0.1, 0.15) is 189 Å². The number of imide groups is 2. The lowest BCUT2D eigenvalue weighted by atomic mass is 10.0. The molecule has 145 heavy (non-hydrogen) atoms. The Morgan fingerprint density at radius 3 is 0.959 bits per heavy atom. The van der Waals surface area contributed by atoms with Crippen molar-refractivity contribution in [1.29, 1.82) is 0 Å². The number of terminal acetylenes is 2. The normalized spacial score (nSPS) is 11.0. The summed E-state index contributed by atoms with van der Waals surface area (Å²) in [6.07, 6.45) is 10.8. The second-order valence-electron chi connectivity index (χ2n) is 33.8. The molecule has 2 heterocycles. The summed E-state index contributed by atoms with van der Waals surface area (Å²) in [7, 11) is -1.51. The third-order valence-electron chi connectivity index (χ3n) is 18.4. The second kappa shape index (κ2) is 61.2. The van der Waals surface area contributed by atoms with E-state index in [9.17, 15) is 57.5 Å². The van der Waals surface area contributed by atoms with Gasteiger partial charge in [-0.05, 0) is 386 Å². The number of hydroxylamine groups is 4. The van der Waals surface area contributed by atoms with E-state index in [1.54, 1.807) is 91.9 Å².